The van der Waals surface area contributed by atoms with Crippen LogP contribution in [-0.4, -0.2) is 0 Å². The van der Waals surface area contributed by atoms with Crippen molar-refractivity contribution >= 4 is 22.7 Å². The minimum atomic E-state index is 0.451. The molecule has 0 aliphatic heterocycles. The maximum atomic E-state index is 3.58. The number of nitrogens with one attached hydrogen (secondary N) is 1. The molecule has 2 aromatic rings. The fourth-order valence-electron chi connectivity index (χ4n) is 1.72. The maximum Gasteiger partial charge on any atom is 0.0389 e. The first-order valence-electron chi connectivity index (χ1n) is 5.63. The van der Waals surface area contributed by atoms with Crippen LogP contribution in [0.25, 0.3) is 0 Å². The lowest BCUT2D eigenvalue weighted by Gasteiger charge is -2.11. The van der Waals surface area contributed by atoms with E-state index in [1.165, 1.54) is 15.3 Å². The Balaban J connectivity index is 1.92. The first-order valence-corrected chi connectivity index (χ1v) is 7.39. The van der Waals surface area contributed by atoms with Gasteiger partial charge >= 0.3 is 0 Å². The molecule has 0 aromatic carbocycles. The average Bonchev–Trinajstić information content (AvgIpc) is 2.96. The van der Waals surface area contributed by atoms with Crippen LogP contribution in [0, 0.1) is 0 Å². The van der Waals surface area contributed by atoms with E-state index in [2.05, 4.69) is 48.1 Å². The van der Waals surface area contributed by atoms with E-state index in [-0.39, 0.29) is 0 Å². The second-order valence-electron chi connectivity index (χ2n) is 3.84. The Morgan fingerprint density at radius 2 is 2.12 bits per heavy atom. The molecular weight excluding hydrogens is 234 g/mol. The topological polar surface area (TPSA) is 12.0 Å². The van der Waals surface area contributed by atoms with Gasteiger partial charge in [-0.15, -0.1) is 22.7 Å². The zero-order valence-electron chi connectivity index (χ0n) is 9.69. The summed E-state index contributed by atoms with van der Waals surface area (Å²) in [5.41, 5.74) is 1.48. The summed E-state index contributed by atoms with van der Waals surface area (Å²) in [6.07, 6.45) is 1.13. The van der Waals surface area contributed by atoms with Crippen LogP contribution < -0.4 is 5.32 Å². The van der Waals surface area contributed by atoms with Gasteiger partial charge in [0.2, 0.25) is 0 Å². The Hall–Kier alpha value is -0.640. The van der Waals surface area contributed by atoms with E-state index in [0.29, 0.717) is 6.04 Å². The monoisotopic (exact) mass is 251 g/mol. The molecule has 86 valence electrons. The van der Waals surface area contributed by atoms with E-state index in [1.807, 2.05) is 22.7 Å². The van der Waals surface area contributed by atoms with Crippen LogP contribution in [0.4, 0.5) is 0 Å². The number of hydrogen-bond acceptors (Lipinski definition) is 3. The van der Waals surface area contributed by atoms with E-state index in [1.54, 1.807) is 0 Å². The van der Waals surface area contributed by atoms with Gasteiger partial charge in [-0.1, -0.05) is 13.0 Å². The summed E-state index contributed by atoms with van der Waals surface area (Å²) < 4.78 is 0. The Bertz CT molecular complexity index is 417. The summed E-state index contributed by atoms with van der Waals surface area (Å²) in [5, 5.41) is 7.90. The van der Waals surface area contributed by atoms with Crippen LogP contribution in [0.5, 0.6) is 0 Å². The number of aryl methyl sites for hydroxylation is 1. The average molecular weight is 251 g/mol. The van der Waals surface area contributed by atoms with Crippen LogP contribution in [0.1, 0.15) is 35.2 Å². The van der Waals surface area contributed by atoms with Crippen LogP contribution >= 0.6 is 22.7 Å². The smallest absolute Gasteiger partial charge is 0.0389 e. The maximum absolute atomic E-state index is 3.58. The van der Waals surface area contributed by atoms with Gasteiger partial charge in [-0.05, 0) is 41.8 Å². The molecule has 0 saturated carbocycles. The van der Waals surface area contributed by atoms with Gasteiger partial charge < -0.3 is 5.32 Å². The second kappa shape index (κ2) is 5.62. The molecule has 1 nitrogen and oxygen atoms in total. The van der Waals surface area contributed by atoms with E-state index in [9.17, 15) is 0 Å². The Labute approximate surface area is 105 Å². The van der Waals surface area contributed by atoms with Crippen molar-refractivity contribution in [2.45, 2.75) is 32.9 Å². The molecule has 0 bridgehead atoms. The van der Waals surface area contributed by atoms with Crippen LogP contribution in [0.3, 0.4) is 0 Å². The predicted molar refractivity (Wildman–Crippen MR) is 73.3 cm³/mol. The SMILES string of the molecule is CCc1ccsc1CNC(C)c1cccs1. The van der Waals surface area contributed by atoms with Crippen molar-refractivity contribution in [3.8, 4) is 0 Å². The zero-order valence-corrected chi connectivity index (χ0v) is 11.3. The fourth-order valence-corrected chi connectivity index (χ4v) is 3.41. The lowest BCUT2D eigenvalue weighted by molar-refractivity contribution is 0.585. The molecule has 3 heteroatoms. The van der Waals surface area contributed by atoms with Crippen molar-refractivity contribution in [2.24, 2.45) is 0 Å². The Kier molecular flexibility index (Phi) is 4.16. The van der Waals surface area contributed by atoms with Gasteiger partial charge in [0.25, 0.3) is 0 Å². The number of rotatable bonds is 5. The fraction of sp³-hybridized carbons (Fsp3) is 0.385. The summed E-state index contributed by atoms with van der Waals surface area (Å²) in [7, 11) is 0. The van der Waals surface area contributed by atoms with Crippen LogP contribution in [0.15, 0.2) is 29.0 Å². The molecule has 0 aliphatic carbocycles. The van der Waals surface area contributed by atoms with Gasteiger partial charge in [0.15, 0.2) is 0 Å². The summed E-state index contributed by atoms with van der Waals surface area (Å²) in [5.74, 6) is 0. The summed E-state index contributed by atoms with van der Waals surface area (Å²) in [4.78, 5) is 2.89. The molecule has 0 radical (unpaired) electrons. The van der Waals surface area contributed by atoms with E-state index in [4.69, 9.17) is 0 Å². The normalized spacial score (nSPS) is 12.9. The number of hydrogen-bond donors (Lipinski definition) is 1. The van der Waals surface area contributed by atoms with E-state index < -0.39 is 0 Å². The third kappa shape index (κ3) is 2.73. The van der Waals surface area contributed by atoms with Crippen molar-refractivity contribution in [3.63, 3.8) is 0 Å². The van der Waals surface area contributed by atoms with Gasteiger partial charge in [-0.3, -0.25) is 0 Å². The molecule has 0 spiro atoms. The Morgan fingerprint density at radius 3 is 2.81 bits per heavy atom. The van der Waals surface area contributed by atoms with Crippen molar-refractivity contribution < 1.29 is 0 Å². The summed E-state index contributed by atoms with van der Waals surface area (Å²) in [6.45, 7) is 5.43. The van der Waals surface area contributed by atoms with Gasteiger partial charge in [-0.25, -0.2) is 0 Å². The highest BCUT2D eigenvalue weighted by Gasteiger charge is 2.07. The van der Waals surface area contributed by atoms with Crippen molar-refractivity contribution in [3.05, 3.63) is 44.3 Å². The van der Waals surface area contributed by atoms with Crippen molar-refractivity contribution in [1.29, 1.82) is 0 Å². The largest absolute Gasteiger partial charge is 0.305 e. The molecule has 16 heavy (non-hydrogen) atoms. The second-order valence-corrected chi connectivity index (χ2v) is 5.82. The minimum Gasteiger partial charge on any atom is -0.305 e. The van der Waals surface area contributed by atoms with Crippen molar-refractivity contribution in [2.75, 3.05) is 0 Å². The highest BCUT2D eigenvalue weighted by atomic mass is 32.1. The standard InChI is InChI=1S/C13H17NS2/c1-3-11-6-8-16-13(11)9-14-10(2)12-5-4-7-15-12/h4-8,10,14H,3,9H2,1-2H3. The summed E-state index contributed by atoms with van der Waals surface area (Å²) >= 11 is 3.67. The first kappa shape index (κ1) is 11.8. The molecule has 2 rings (SSSR count). The highest BCUT2D eigenvalue weighted by Crippen LogP contribution is 2.21. The molecule has 0 fully saturated rings. The molecule has 0 saturated heterocycles. The molecule has 1 N–H and O–H groups in total. The van der Waals surface area contributed by atoms with Crippen molar-refractivity contribution in [1.82, 2.24) is 5.32 Å². The van der Waals surface area contributed by atoms with Gasteiger partial charge in [0.1, 0.15) is 0 Å². The molecule has 2 aromatic heterocycles. The zero-order chi connectivity index (χ0) is 11.4. The number of thiophene rings is 2. The molecular formula is C13H17NS2. The highest BCUT2D eigenvalue weighted by molar-refractivity contribution is 7.10. The lowest BCUT2D eigenvalue weighted by Crippen LogP contribution is -2.17. The predicted octanol–water partition coefficient (Wildman–Crippen LogP) is 4.22. The molecule has 1 atom stereocenters. The quantitative estimate of drug-likeness (QED) is 0.839. The van der Waals surface area contributed by atoms with Crippen LogP contribution in [0.2, 0.25) is 0 Å². The first-order chi connectivity index (χ1) is 7.81. The summed E-state index contributed by atoms with van der Waals surface area (Å²) in [6, 6.07) is 6.99. The lowest BCUT2D eigenvalue weighted by atomic mass is 10.2. The van der Waals surface area contributed by atoms with Gasteiger partial charge in [-0.2, -0.15) is 0 Å². The Morgan fingerprint density at radius 1 is 1.25 bits per heavy atom. The minimum absolute atomic E-state index is 0.451. The van der Waals surface area contributed by atoms with Gasteiger partial charge in [0, 0.05) is 22.3 Å². The van der Waals surface area contributed by atoms with Crippen LogP contribution in [-0.2, 0) is 13.0 Å². The van der Waals surface area contributed by atoms with Gasteiger partial charge in [0.05, 0.1) is 0 Å². The van der Waals surface area contributed by atoms with E-state index >= 15 is 0 Å². The molecule has 1 unspecified atom stereocenters. The molecule has 2 heterocycles. The molecule has 0 amide bonds. The third-order valence-electron chi connectivity index (χ3n) is 2.76. The third-order valence-corrected chi connectivity index (χ3v) is 4.78. The molecule has 0 aliphatic rings. The van der Waals surface area contributed by atoms with E-state index in [0.717, 1.165) is 13.0 Å².